The summed E-state index contributed by atoms with van der Waals surface area (Å²) in [5.41, 5.74) is 1.97. The number of carbonyl (C=O) groups is 2. The first kappa shape index (κ1) is 18.8. The number of morpholine rings is 1. The van der Waals surface area contributed by atoms with Crippen molar-refractivity contribution in [3.8, 4) is 0 Å². The summed E-state index contributed by atoms with van der Waals surface area (Å²) >= 11 is 0. The summed E-state index contributed by atoms with van der Waals surface area (Å²) in [4.78, 5) is 30.4. The molecule has 0 saturated carbocycles. The molecule has 3 rings (SSSR count). The lowest BCUT2D eigenvalue weighted by molar-refractivity contribution is -0.120. The van der Waals surface area contributed by atoms with Crippen LogP contribution >= 0.6 is 0 Å². The van der Waals surface area contributed by atoms with E-state index in [1.54, 1.807) is 12.3 Å². The van der Waals surface area contributed by atoms with Gasteiger partial charge in [0.15, 0.2) is 0 Å². The van der Waals surface area contributed by atoms with Crippen molar-refractivity contribution >= 4 is 23.3 Å². The Labute approximate surface area is 158 Å². The predicted octanol–water partition coefficient (Wildman–Crippen LogP) is 1.61. The Morgan fingerprint density at radius 3 is 2.52 bits per heavy atom. The van der Waals surface area contributed by atoms with Gasteiger partial charge in [-0.2, -0.15) is 0 Å². The summed E-state index contributed by atoms with van der Waals surface area (Å²) in [6.07, 6.45) is 2.27. The topological polar surface area (TPSA) is 83.6 Å². The van der Waals surface area contributed by atoms with Crippen molar-refractivity contribution in [2.75, 3.05) is 43.1 Å². The molecule has 2 N–H and O–H groups in total. The number of amides is 2. The Balaban J connectivity index is 1.38. The molecule has 7 heteroatoms. The summed E-state index contributed by atoms with van der Waals surface area (Å²) in [5.74, 6) is 0.233. The van der Waals surface area contributed by atoms with E-state index in [1.165, 1.54) is 0 Å². The standard InChI is InChI=1S/C20H24N4O3/c25-19(8-9-21-20(26)14-16-4-2-1-3-5-16)23-18-7-6-17(15-22-18)24-10-12-27-13-11-24/h1-7,15H,8-14H2,(H,21,26)(H,22,23,25). The Kier molecular flexibility index (Phi) is 6.76. The van der Waals surface area contributed by atoms with Crippen LogP contribution < -0.4 is 15.5 Å². The minimum atomic E-state index is -0.179. The van der Waals surface area contributed by atoms with E-state index in [4.69, 9.17) is 4.74 Å². The number of hydrogen-bond acceptors (Lipinski definition) is 5. The lowest BCUT2D eigenvalue weighted by Crippen LogP contribution is -2.36. The van der Waals surface area contributed by atoms with Gasteiger partial charge in [-0.15, -0.1) is 0 Å². The first-order chi connectivity index (χ1) is 13.2. The molecule has 1 aliphatic heterocycles. The summed E-state index contributed by atoms with van der Waals surface area (Å²) in [7, 11) is 0. The molecule has 1 saturated heterocycles. The van der Waals surface area contributed by atoms with E-state index in [-0.39, 0.29) is 18.2 Å². The number of benzene rings is 1. The van der Waals surface area contributed by atoms with Crippen LogP contribution in [0, 0.1) is 0 Å². The molecular formula is C20H24N4O3. The van der Waals surface area contributed by atoms with E-state index >= 15 is 0 Å². The average molecular weight is 368 g/mol. The highest BCUT2D eigenvalue weighted by Gasteiger charge is 2.12. The fourth-order valence-corrected chi connectivity index (χ4v) is 2.83. The average Bonchev–Trinajstić information content (AvgIpc) is 2.70. The number of carbonyl (C=O) groups excluding carboxylic acids is 2. The third-order valence-electron chi connectivity index (χ3n) is 4.27. The van der Waals surface area contributed by atoms with Crippen LogP contribution in [0.5, 0.6) is 0 Å². The highest BCUT2D eigenvalue weighted by molar-refractivity contribution is 5.90. The van der Waals surface area contributed by atoms with Crippen LogP contribution in [-0.4, -0.2) is 49.6 Å². The first-order valence-electron chi connectivity index (χ1n) is 9.10. The van der Waals surface area contributed by atoms with Crippen molar-refractivity contribution in [1.29, 1.82) is 0 Å². The molecule has 1 aromatic carbocycles. The molecule has 1 fully saturated rings. The third kappa shape index (κ3) is 6.07. The molecule has 1 aliphatic rings. The Bertz CT molecular complexity index is 744. The number of hydrogen-bond donors (Lipinski definition) is 2. The monoisotopic (exact) mass is 368 g/mol. The number of nitrogens with zero attached hydrogens (tertiary/aromatic N) is 2. The minimum Gasteiger partial charge on any atom is -0.378 e. The van der Waals surface area contributed by atoms with Crippen molar-refractivity contribution in [2.45, 2.75) is 12.8 Å². The zero-order chi connectivity index (χ0) is 18.9. The summed E-state index contributed by atoms with van der Waals surface area (Å²) < 4.78 is 5.34. The largest absolute Gasteiger partial charge is 0.378 e. The van der Waals surface area contributed by atoms with Crippen molar-refractivity contribution in [2.24, 2.45) is 0 Å². The molecule has 0 bridgehead atoms. The van der Waals surface area contributed by atoms with Crippen LogP contribution in [0.4, 0.5) is 11.5 Å². The normalized spacial score (nSPS) is 13.9. The van der Waals surface area contributed by atoms with Gasteiger partial charge in [0.25, 0.3) is 0 Å². The van der Waals surface area contributed by atoms with Crippen molar-refractivity contribution in [3.63, 3.8) is 0 Å². The fourth-order valence-electron chi connectivity index (χ4n) is 2.83. The molecule has 0 aliphatic carbocycles. The summed E-state index contributed by atoms with van der Waals surface area (Å²) in [6.45, 7) is 3.42. The Morgan fingerprint density at radius 1 is 1.04 bits per heavy atom. The van der Waals surface area contributed by atoms with Crippen molar-refractivity contribution < 1.29 is 14.3 Å². The lowest BCUT2D eigenvalue weighted by Gasteiger charge is -2.28. The van der Waals surface area contributed by atoms with Crippen LogP contribution in [0.3, 0.4) is 0 Å². The van der Waals surface area contributed by atoms with Gasteiger partial charge in [-0.3, -0.25) is 9.59 Å². The zero-order valence-corrected chi connectivity index (χ0v) is 15.2. The molecular weight excluding hydrogens is 344 g/mol. The van der Waals surface area contributed by atoms with E-state index < -0.39 is 0 Å². The summed E-state index contributed by atoms with van der Waals surface area (Å²) in [5, 5.41) is 5.51. The second kappa shape index (κ2) is 9.68. The highest BCUT2D eigenvalue weighted by atomic mass is 16.5. The molecule has 0 atom stereocenters. The SMILES string of the molecule is O=C(Cc1ccccc1)NCCC(=O)Nc1ccc(N2CCOCC2)cn1. The number of anilines is 2. The molecule has 27 heavy (non-hydrogen) atoms. The third-order valence-corrected chi connectivity index (χ3v) is 4.27. The maximum Gasteiger partial charge on any atom is 0.227 e. The van der Waals surface area contributed by atoms with Gasteiger partial charge in [-0.25, -0.2) is 4.98 Å². The second-order valence-corrected chi connectivity index (χ2v) is 6.31. The van der Waals surface area contributed by atoms with Gasteiger partial charge in [-0.05, 0) is 17.7 Å². The van der Waals surface area contributed by atoms with Crippen LogP contribution in [0.15, 0.2) is 48.7 Å². The Hall–Kier alpha value is -2.93. The van der Waals surface area contributed by atoms with Crippen LogP contribution in [0.25, 0.3) is 0 Å². The molecule has 2 amide bonds. The smallest absolute Gasteiger partial charge is 0.227 e. The Morgan fingerprint density at radius 2 is 1.81 bits per heavy atom. The zero-order valence-electron chi connectivity index (χ0n) is 15.2. The number of pyridine rings is 1. The molecule has 0 radical (unpaired) electrons. The predicted molar refractivity (Wildman–Crippen MR) is 104 cm³/mol. The molecule has 2 aromatic rings. The van der Waals surface area contributed by atoms with Gasteiger partial charge in [0.1, 0.15) is 5.82 Å². The molecule has 1 aromatic heterocycles. The molecule has 142 valence electrons. The second-order valence-electron chi connectivity index (χ2n) is 6.31. The van der Waals surface area contributed by atoms with E-state index in [9.17, 15) is 9.59 Å². The maximum atomic E-state index is 12.0. The maximum absolute atomic E-state index is 12.0. The van der Waals surface area contributed by atoms with Gasteiger partial charge in [0.05, 0.1) is 31.5 Å². The number of aromatic nitrogens is 1. The quantitative estimate of drug-likeness (QED) is 0.776. The molecule has 0 unspecified atom stereocenters. The van der Waals surface area contributed by atoms with Gasteiger partial charge in [-0.1, -0.05) is 30.3 Å². The van der Waals surface area contributed by atoms with Crippen LogP contribution in [-0.2, 0) is 20.7 Å². The molecule has 0 spiro atoms. The number of nitrogens with one attached hydrogen (secondary N) is 2. The highest BCUT2D eigenvalue weighted by Crippen LogP contribution is 2.16. The van der Waals surface area contributed by atoms with Gasteiger partial charge in [0.2, 0.25) is 11.8 Å². The molecule has 7 nitrogen and oxygen atoms in total. The van der Waals surface area contributed by atoms with Crippen molar-refractivity contribution in [3.05, 3.63) is 54.2 Å². The summed E-state index contributed by atoms with van der Waals surface area (Å²) in [6, 6.07) is 13.2. The van der Waals surface area contributed by atoms with E-state index in [0.29, 0.717) is 32.0 Å². The first-order valence-corrected chi connectivity index (χ1v) is 9.10. The van der Waals surface area contributed by atoms with Crippen LogP contribution in [0.2, 0.25) is 0 Å². The van der Waals surface area contributed by atoms with E-state index in [0.717, 1.165) is 24.3 Å². The number of rotatable bonds is 7. The van der Waals surface area contributed by atoms with Crippen molar-refractivity contribution in [1.82, 2.24) is 10.3 Å². The molecule has 2 heterocycles. The lowest BCUT2D eigenvalue weighted by atomic mass is 10.1. The number of ether oxygens (including phenoxy) is 1. The minimum absolute atomic E-state index is 0.0954. The van der Waals surface area contributed by atoms with Gasteiger partial charge >= 0.3 is 0 Å². The van der Waals surface area contributed by atoms with Gasteiger partial charge < -0.3 is 20.3 Å². The van der Waals surface area contributed by atoms with Gasteiger partial charge in [0, 0.05) is 26.1 Å². The van der Waals surface area contributed by atoms with Crippen LogP contribution in [0.1, 0.15) is 12.0 Å². The fraction of sp³-hybridized carbons (Fsp3) is 0.350. The van der Waals surface area contributed by atoms with E-state index in [1.807, 2.05) is 36.4 Å². The van der Waals surface area contributed by atoms with E-state index in [2.05, 4.69) is 20.5 Å².